The molecule has 3 fully saturated rings. The van der Waals surface area contributed by atoms with Crippen molar-refractivity contribution in [3.63, 3.8) is 0 Å². The predicted molar refractivity (Wildman–Crippen MR) is 147 cm³/mol. The van der Waals surface area contributed by atoms with Crippen LogP contribution >= 0.6 is 15.6 Å². The number of fused-ring (bicyclic) bond motifs is 5. The Labute approximate surface area is 254 Å². The summed E-state index contributed by atoms with van der Waals surface area (Å²) in [5.41, 5.74) is 4.22. The SMILES string of the molecule is Nc1nc2c(ncn2[C@@H]2O[C@@H]3COP(=O)(O)O[C@H]4[C@@H](O)[C@H](n5cnc6ccncc6c5=O)O[C@@H]4COP(=O)(O)O[C@@H]2[C@@H]3O)c(=O)[nH]1. The molecule has 22 nitrogen and oxygen atoms in total. The van der Waals surface area contributed by atoms with Gasteiger partial charge in [0, 0.05) is 12.4 Å². The number of aliphatic hydroxyl groups excluding tert-OH is 2. The second-order valence-electron chi connectivity index (χ2n) is 10.4. The zero-order valence-electron chi connectivity index (χ0n) is 22.9. The van der Waals surface area contributed by atoms with Gasteiger partial charge in [-0.15, -0.1) is 0 Å². The van der Waals surface area contributed by atoms with Crippen molar-refractivity contribution in [3.8, 4) is 0 Å². The molecule has 0 radical (unpaired) electrons. The molecule has 3 aliphatic rings. The number of rotatable bonds is 2. The number of aliphatic hydroxyl groups is 2. The summed E-state index contributed by atoms with van der Waals surface area (Å²) in [4.78, 5) is 64.9. The van der Waals surface area contributed by atoms with Gasteiger partial charge in [0.25, 0.3) is 11.1 Å². The molecule has 7 heterocycles. The molecule has 246 valence electrons. The fraction of sp³-hybridized carbons (Fsp3) is 0.455. The van der Waals surface area contributed by atoms with Crippen LogP contribution in [0.2, 0.25) is 0 Å². The number of nitrogens with zero attached hydrogens (tertiary/aromatic N) is 6. The molecule has 4 aromatic rings. The van der Waals surface area contributed by atoms with Gasteiger partial charge >= 0.3 is 15.6 Å². The molecule has 0 saturated carbocycles. The average molecular weight is 686 g/mol. The molecule has 0 aromatic carbocycles. The lowest BCUT2D eigenvalue weighted by atomic mass is 10.1. The maximum atomic E-state index is 13.2. The molecule has 10 atom stereocenters. The zero-order valence-corrected chi connectivity index (χ0v) is 24.7. The van der Waals surface area contributed by atoms with Crippen LogP contribution in [0.25, 0.3) is 22.1 Å². The van der Waals surface area contributed by atoms with Gasteiger partial charge in [-0.3, -0.25) is 46.8 Å². The fourth-order valence-corrected chi connectivity index (χ4v) is 7.30. The van der Waals surface area contributed by atoms with E-state index in [-0.39, 0.29) is 22.5 Å². The van der Waals surface area contributed by atoms with Crippen molar-refractivity contribution in [2.24, 2.45) is 0 Å². The molecule has 3 saturated heterocycles. The van der Waals surface area contributed by atoms with E-state index >= 15 is 0 Å². The van der Waals surface area contributed by atoms with Crippen LogP contribution < -0.4 is 16.9 Å². The number of ether oxygens (including phenoxy) is 2. The number of aromatic amines is 1. The molecule has 2 bridgehead atoms. The van der Waals surface area contributed by atoms with Gasteiger partial charge in [-0.1, -0.05) is 0 Å². The Bertz CT molecular complexity index is 2040. The van der Waals surface area contributed by atoms with Gasteiger partial charge in [0.05, 0.1) is 30.4 Å². The third-order valence-corrected chi connectivity index (χ3v) is 9.49. The van der Waals surface area contributed by atoms with E-state index in [0.29, 0.717) is 5.52 Å². The maximum Gasteiger partial charge on any atom is 0.472 e. The first-order chi connectivity index (χ1) is 21.8. The number of phosphoric ester groups is 2. The first-order valence-electron chi connectivity index (χ1n) is 13.3. The molecule has 4 aromatic heterocycles. The smallest absolute Gasteiger partial charge is 0.387 e. The summed E-state index contributed by atoms with van der Waals surface area (Å²) >= 11 is 0. The van der Waals surface area contributed by atoms with Crippen molar-refractivity contribution in [2.45, 2.75) is 49.1 Å². The number of anilines is 1. The van der Waals surface area contributed by atoms with Crippen LogP contribution in [0.4, 0.5) is 5.95 Å². The van der Waals surface area contributed by atoms with Crippen LogP contribution in [0, 0.1) is 0 Å². The summed E-state index contributed by atoms with van der Waals surface area (Å²) in [5.74, 6) is -0.295. The van der Waals surface area contributed by atoms with Gasteiger partial charge in [-0.2, -0.15) is 4.98 Å². The number of phosphoric acid groups is 2. The van der Waals surface area contributed by atoms with E-state index in [0.717, 1.165) is 21.8 Å². The number of nitrogens with two attached hydrogens (primary N) is 1. The van der Waals surface area contributed by atoms with Gasteiger partial charge in [-0.05, 0) is 6.07 Å². The number of H-pyrrole nitrogens is 1. The van der Waals surface area contributed by atoms with E-state index in [1.807, 2.05) is 0 Å². The number of imidazole rings is 1. The van der Waals surface area contributed by atoms with E-state index in [4.69, 9.17) is 33.3 Å². The monoisotopic (exact) mass is 686 g/mol. The van der Waals surface area contributed by atoms with E-state index < -0.39 is 89.1 Å². The fourth-order valence-electron chi connectivity index (χ4n) is 5.40. The van der Waals surface area contributed by atoms with Crippen molar-refractivity contribution in [2.75, 3.05) is 18.9 Å². The molecule has 7 N–H and O–H groups in total. The number of aromatic nitrogens is 7. The quantitative estimate of drug-likeness (QED) is 0.125. The lowest BCUT2D eigenvalue weighted by molar-refractivity contribution is -0.0681. The standard InChI is InChI=1S/C22H24N8O14P2/c23-22-27-17-12(18(33)28-22)26-7-29(17)21-16-13(31)10(41-21)4-39-45(35,36)43-15-11(5-40-46(37,38)44-16)42-20(14(15)32)30-6-25-9-1-2-24-3-8(9)19(30)34/h1-3,6-7,10-11,13-16,20-21,31-32H,4-5H2,(H,35,36)(H,37,38)(H3,23,27,28,33)/t10-,11-,13-,14-,15-,16-,20-,21-/m1/s1. The third-order valence-electron chi connectivity index (χ3n) is 7.52. The maximum absolute atomic E-state index is 13.2. The number of pyridine rings is 1. The summed E-state index contributed by atoms with van der Waals surface area (Å²) < 4.78 is 60.4. The molecule has 0 spiro atoms. The Kier molecular flexibility index (Phi) is 7.67. The molecule has 7 rings (SSSR count). The normalized spacial score (nSPS) is 37.0. The predicted octanol–water partition coefficient (Wildman–Crippen LogP) is -1.96. The second kappa shape index (κ2) is 11.3. The van der Waals surface area contributed by atoms with Crippen LogP contribution in [0.3, 0.4) is 0 Å². The molecule has 24 heteroatoms. The van der Waals surface area contributed by atoms with E-state index in [9.17, 15) is 38.7 Å². The number of nitrogen functional groups attached to an aromatic ring is 1. The third kappa shape index (κ3) is 5.47. The second-order valence-corrected chi connectivity index (χ2v) is 13.2. The van der Waals surface area contributed by atoms with Gasteiger partial charge in [0.15, 0.2) is 23.6 Å². The molecule has 0 aliphatic carbocycles. The van der Waals surface area contributed by atoms with Crippen molar-refractivity contribution in [1.29, 1.82) is 0 Å². The number of hydrogen-bond acceptors (Lipinski definition) is 17. The summed E-state index contributed by atoms with van der Waals surface area (Å²) in [7, 11) is -10.3. The molecule has 3 aliphatic heterocycles. The highest BCUT2D eigenvalue weighted by Gasteiger charge is 2.54. The van der Waals surface area contributed by atoms with Crippen molar-refractivity contribution in [3.05, 3.63) is 51.8 Å². The van der Waals surface area contributed by atoms with Crippen molar-refractivity contribution < 1.29 is 56.7 Å². The van der Waals surface area contributed by atoms with E-state index in [1.54, 1.807) is 0 Å². The topological polar surface area (TPSA) is 308 Å². The van der Waals surface area contributed by atoms with E-state index in [2.05, 4.69) is 24.9 Å². The molecule has 0 amide bonds. The Morgan fingerprint density at radius 1 is 0.913 bits per heavy atom. The molecule has 2 unspecified atom stereocenters. The van der Waals surface area contributed by atoms with Crippen LogP contribution in [0.5, 0.6) is 0 Å². The molecular formula is C22H24N8O14P2. The van der Waals surface area contributed by atoms with Gasteiger partial charge in [0.2, 0.25) is 5.95 Å². The summed E-state index contributed by atoms with van der Waals surface area (Å²) in [6.07, 6.45) is -8.46. The highest BCUT2D eigenvalue weighted by atomic mass is 31.2. The summed E-state index contributed by atoms with van der Waals surface area (Å²) in [6.45, 7) is -1.74. The highest BCUT2D eigenvalue weighted by molar-refractivity contribution is 7.47. The first-order valence-corrected chi connectivity index (χ1v) is 16.3. The average Bonchev–Trinajstić information content (AvgIpc) is 3.65. The Hall–Kier alpha value is -3.50. The van der Waals surface area contributed by atoms with Crippen LogP contribution in [0.15, 0.2) is 40.7 Å². The zero-order chi connectivity index (χ0) is 32.5. The van der Waals surface area contributed by atoms with Crippen LogP contribution in [-0.4, -0.2) is 104 Å². The Morgan fingerprint density at radius 3 is 2.35 bits per heavy atom. The first kappa shape index (κ1) is 31.1. The lowest BCUT2D eigenvalue weighted by Gasteiger charge is -2.25. The highest BCUT2D eigenvalue weighted by Crippen LogP contribution is 2.53. The minimum Gasteiger partial charge on any atom is -0.387 e. The number of nitrogens with one attached hydrogen (secondary N) is 1. The Morgan fingerprint density at radius 2 is 1.59 bits per heavy atom. The van der Waals surface area contributed by atoms with E-state index in [1.165, 1.54) is 18.5 Å². The Balaban J connectivity index is 1.21. The minimum absolute atomic E-state index is 0.0706. The largest absolute Gasteiger partial charge is 0.472 e. The van der Waals surface area contributed by atoms with Crippen LogP contribution in [-0.2, 0) is 36.7 Å². The van der Waals surface area contributed by atoms with Crippen molar-refractivity contribution in [1.82, 2.24) is 34.1 Å². The van der Waals surface area contributed by atoms with Gasteiger partial charge < -0.3 is 35.2 Å². The molecular weight excluding hydrogens is 662 g/mol. The van der Waals surface area contributed by atoms with Crippen LogP contribution in [0.1, 0.15) is 12.5 Å². The molecule has 46 heavy (non-hydrogen) atoms. The summed E-state index contributed by atoms with van der Waals surface area (Å²) in [6, 6.07) is 1.48. The van der Waals surface area contributed by atoms with Gasteiger partial charge in [-0.25, -0.2) is 19.1 Å². The van der Waals surface area contributed by atoms with Crippen molar-refractivity contribution >= 4 is 43.7 Å². The lowest BCUT2D eigenvalue weighted by Crippen LogP contribution is -2.37. The summed E-state index contributed by atoms with van der Waals surface area (Å²) in [5, 5.41) is 22.2. The number of hydrogen-bond donors (Lipinski definition) is 6. The van der Waals surface area contributed by atoms with Gasteiger partial charge in [0.1, 0.15) is 43.0 Å². The minimum atomic E-state index is -5.15.